The lowest BCUT2D eigenvalue weighted by Crippen LogP contribution is -2.41. The summed E-state index contributed by atoms with van der Waals surface area (Å²) >= 11 is 0. The van der Waals surface area contributed by atoms with Crippen molar-refractivity contribution in [1.82, 2.24) is 9.88 Å². The van der Waals surface area contributed by atoms with E-state index in [0.717, 1.165) is 36.2 Å². The average Bonchev–Trinajstić information content (AvgIpc) is 2.58. The summed E-state index contributed by atoms with van der Waals surface area (Å²) in [5.41, 5.74) is 3.27. The van der Waals surface area contributed by atoms with Gasteiger partial charge in [0.05, 0.1) is 17.7 Å². The van der Waals surface area contributed by atoms with Gasteiger partial charge < -0.3 is 5.11 Å². The normalized spacial score (nSPS) is 20.1. The SMILES string of the molecule is Cc1ccc(C(c2ccccc2)N2CCCC(C(=O)O)C2)nc1. The van der Waals surface area contributed by atoms with Gasteiger partial charge in [-0.05, 0) is 43.5 Å². The van der Waals surface area contributed by atoms with Crippen LogP contribution in [-0.2, 0) is 4.79 Å². The van der Waals surface area contributed by atoms with Gasteiger partial charge in [-0.25, -0.2) is 0 Å². The number of rotatable bonds is 4. The van der Waals surface area contributed by atoms with E-state index < -0.39 is 5.97 Å². The van der Waals surface area contributed by atoms with Gasteiger partial charge in [0.15, 0.2) is 0 Å². The Kier molecular flexibility index (Phi) is 4.72. The van der Waals surface area contributed by atoms with Crippen LogP contribution in [0.25, 0.3) is 0 Å². The molecule has 0 bridgehead atoms. The van der Waals surface area contributed by atoms with Crippen LogP contribution in [0.3, 0.4) is 0 Å². The van der Waals surface area contributed by atoms with E-state index in [-0.39, 0.29) is 12.0 Å². The lowest BCUT2D eigenvalue weighted by Gasteiger charge is -2.37. The lowest BCUT2D eigenvalue weighted by molar-refractivity contribution is -0.143. The second-order valence-corrected chi connectivity index (χ2v) is 6.25. The summed E-state index contributed by atoms with van der Waals surface area (Å²) in [5.74, 6) is -0.987. The van der Waals surface area contributed by atoms with E-state index in [1.807, 2.05) is 31.3 Å². The highest BCUT2D eigenvalue weighted by Crippen LogP contribution is 2.31. The second-order valence-electron chi connectivity index (χ2n) is 6.25. The molecule has 23 heavy (non-hydrogen) atoms. The summed E-state index contributed by atoms with van der Waals surface area (Å²) < 4.78 is 0. The first kappa shape index (κ1) is 15.7. The van der Waals surface area contributed by atoms with Crippen LogP contribution in [0, 0.1) is 12.8 Å². The number of likely N-dealkylation sites (tertiary alicyclic amines) is 1. The molecule has 1 aromatic heterocycles. The molecule has 1 aromatic carbocycles. The Bertz CT molecular complexity index is 655. The first-order valence-corrected chi connectivity index (χ1v) is 8.09. The number of benzene rings is 1. The molecule has 0 saturated carbocycles. The Hall–Kier alpha value is -2.20. The molecule has 0 radical (unpaired) electrons. The summed E-state index contributed by atoms with van der Waals surface area (Å²) in [6, 6.07) is 14.4. The van der Waals surface area contributed by atoms with Crippen molar-refractivity contribution in [3.05, 3.63) is 65.5 Å². The zero-order valence-electron chi connectivity index (χ0n) is 13.4. The number of aliphatic carboxylic acids is 1. The molecule has 2 heterocycles. The Morgan fingerprint density at radius 2 is 2.04 bits per heavy atom. The highest BCUT2D eigenvalue weighted by molar-refractivity contribution is 5.70. The largest absolute Gasteiger partial charge is 0.481 e. The standard InChI is InChI=1S/C19H22N2O2/c1-14-9-10-17(20-12-14)18(15-6-3-2-4-7-15)21-11-5-8-16(13-21)19(22)23/h2-4,6-7,9-10,12,16,18H,5,8,11,13H2,1H3,(H,22,23). The fourth-order valence-electron chi connectivity index (χ4n) is 3.29. The summed E-state index contributed by atoms with van der Waals surface area (Å²) in [6.07, 6.45) is 3.55. The number of nitrogens with zero attached hydrogens (tertiary/aromatic N) is 2. The molecule has 0 spiro atoms. The van der Waals surface area contributed by atoms with Gasteiger partial charge in [0.25, 0.3) is 0 Å². The number of aromatic nitrogens is 1. The Labute approximate surface area is 136 Å². The number of piperidine rings is 1. The van der Waals surface area contributed by atoms with Crippen molar-refractivity contribution in [2.75, 3.05) is 13.1 Å². The van der Waals surface area contributed by atoms with E-state index in [4.69, 9.17) is 0 Å². The van der Waals surface area contributed by atoms with Crippen LogP contribution in [0.15, 0.2) is 48.7 Å². The van der Waals surface area contributed by atoms with E-state index in [0.29, 0.717) is 6.54 Å². The number of carboxylic acid groups (broad SMARTS) is 1. The maximum atomic E-state index is 11.4. The molecule has 0 aliphatic carbocycles. The van der Waals surface area contributed by atoms with Gasteiger partial charge in [0.2, 0.25) is 0 Å². The predicted molar refractivity (Wildman–Crippen MR) is 89.2 cm³/mol. The van der Waals surface area contributed by atoms with Gasteiger partial charge in [-0.3, -0.25) is 14.7 Å². The Morgan fingerprint density at radius 3 is 2.70 bits per heavy atom. The average molecular weight is 310 g/mol. The van der Waals surface area contributed by atoms with Crippen LogP contribution in [0.2, 0.25) is 0 Å². The third-order valence-electron chi connectivity index (χ3n) is 4.50. The van der Waals surface area contributed by atoms with Gasteiger partial charge in [0.1, 0.15) is 0 Å². The van der Waals surface area contributed by atoms with E-state index in [1.165, 1.54) is 0 Å². The number of carbonyl (C=O) groups is 1. The maximum Gasteiger partial charge on any atom is 0.307 e. The lowest BCUT2D eigenvalue weighted by atomic mass is 9.93. The molecule has 1 aliphatic rings. The highest BCUT2D eigenvalue weighted by atomic mass is 16.4. The topological polar surface area (TPSA) is 53.4 Å². The smallest absolute Gasteiger partial charge is 0.307 e. The first-order valence-electron chi connectivity index (χ1n) is 8.09. The molecule has 3 rings (SSSR count). The minimum Gasteiger partial charge on any atom is -0.481 e. The van der Waals surface area contributed by atoms with Crippen molar-refractivity contribution < 1.29 is 9.90 Å². The number of pyridine rings is 1. The third kappa shape index (κ3) is 3.59. The van der Waals surface area contributed by atoms with Gasteiger partial charge in [-0.2, -0.15) is 0 Å². The van der Waals surface area contributed by atoms with Crippen LogP contribution in [0.1, 0.15) is 35.7 Å². The molecular weight excluding hydrogens is 288 g/mol. The van der Waals surface area contributed by atoms with Crippen molar-refractivity contribution >= 4 is 5.97 Å². The number of aryl methyl sites for hydroxylation is 1. The minimum absolute atomic E-state index is 0.0129. The Balaban J connectivity index is 1.95. The fraction of sp³-hybridized carbons (Fsp3) is 0.368. The zero-order chi connectivity index (χ0) is 16.2. The molecule has 4 nitrogen and oxygen atoms in total. The second kappa shape index (κ2) is 6.92. The van der Waals surface area contributed by atoms with Crippen molar-refractivity contribution in [2.45, 2.75) is 25.8 Å². The van der Waals surface area contributed by atoms with Crippen LogP contribution in [0.5, 0.6) is 0 Å². The molecule has 0 amide bonds. The van der Waals surface area contributed by atoms with E-state index >= 15 is 0 Å². The van der Waals surface area contributed by atoms with Crippen molar-refractivity contribution in [3.8, 4) is 0 Å². The van der Waals surface area contributed by atoms with Crippen LogP contribution in [0.4, 0.5) is 0 Å². The summed E-state index contributed by atoms with van der Waals surface area (Å²) in [4.78, 5) is 18.3. The highest BCUT2D eigenvalue weighted by Gasteiger charge is 2.31. The van der Waals surface area contributed by atoms with Gasteiger partial charge in [-0.1, -0.05) is 36.4 Å². The maximum absolute atomic E-state index is 11.4. The number of hydrogen-bond donors (Lipinski definition) is 1. The molecule has 1 N–H and O–H groups in total. The third-order valence-corrected chi connectivity index (χ3v) is 4.50. The summed E-state index contributed by atoms with van der Waals surface area (Å²) in [7, 11) is 0. The van der Waals surface area contributed by atoms with Crippen molar-refractivity contribution in [1.29, 1.82) is 0 Å². The molecule has 4 heteroatoms. The van der Waals surface area contributed by atoms with E-state index in [9.17, 15) is 9.90 Å². The van der Waals surface area contributed by atoms with Gasteiger partial charge in [-0.15, -0.1) is 0 Å². The number of carboxylic acids is 1. The van der Waals surface area contributed by atoms with Crippen LogP contribution < -0.4 is 0 Å². The molecule has 1 saturated heterocycles. The summed E-state index contributed by atoms with van der Waals surface area (Å²) in [6.45, 7) is 3.50. The summed E-state index contributed by atoms with van der Waals surface area (Å²) in [5, 5.41) is 9.37. The molecule has 1 fully saturated rings. The molecule has 2 unspecified atom stereocenters. The van der Waals surface area contributed by atoms with E-state index in [2.05, 4.69) is 34.1 Å². The fourth-order valence-corrected chi connectivity index (χ4v) is 3.29. The monoisotopic (exact) mass is 310 g/mol. The predicted octanol–water partition coefficient (Wildman–Crippen LogP) is 3.28. The zero-order valence-corrected chi connectivity index (χ0v) is 13.4. The van der Waals surface area contributed by atoms with E-state index in [1.54, 1.807) is 0 Å². The first-order chi connectivity index (χ1) is 11.1. The Morgan fingerprint density at radius 1 is 1.26 bits per heavy atom. The van der Waals surface area contributed by atoms with Crippen molar-refractivity contribution in [2.24, 2.45) is 5.92 Å². The van der Waals surface area contributed by atoms with Gasteiger partial charge >= 0.3 is 5.97 Å². The molecule has 2 atom stereocenters. The van der Waals surface area contributed by atoms with Gasteiger partial charge in [0, 0.05) is 12.7 Å². The minimum atomic E-state index is -0.696. The number of hydrogen-bond acceptors (Lipinski definition) is 3. The molecule has 2 aromatic rings. The molecule has 120 valence electrons. The molecular formula is C19H22N2O2. The van der Waals surface area contributed by atoms with Crippen LogP contribution in [-0.4, -0.2) is 34.0 Å². The quantitative estimate of drug-likeness (QED) is 0.941. The molecule has 1 aliphatic heterocycles. The van der Waals surface area contributed by atoms with Crippen LogP contribution >= 0.6 is 0 Å². The van der Waals surface area contributed by atoms with Crippen molar-refractivity contribution in [3.63, 3.8) is 0 Å².